The summed E-state index contributed by atoms with van der Waals surface area (Å²) in [4.78, 5) is 14.7. The third-order valence-corrected chi connectivity index (χ3v) is 7.45. The Kier molecular flexibility index (Phi) is 9.26. The molecular weight excluding hydrogens is 520 g/mol. The monoisotopic (exact) mass is 556 g/mol. The molecule has 0 aliphatic carbocycles. The van der Waals surface area contributed by atoms with Gasteiger partial charge in [0.2, 0.25) is 0 Å². The highest BCUT2D eigenvalue weighted by molar-refractivity contribution is 7.99. The van der Waals surface area contributed by atoms with E-state index in [9.17, 15) is 9.90 Å². The van der Waals surface area contributed by atoms with E-state index in [-0.39, 0.29) is 22.8 Å². The van der Waals surface area contributed by atoms with E-state index in [1.54, 1.807) is 12.1 Å². The Labute approximate surface area is 240 Å². The smallest absolute Gasteiger partial charge is 0.250 e. The van der Waals surface area contributed by atoms with Crippen LogP contribution in [0.4, 0.5) is 5.69 Å². The third kappa shape index (κ3) is 6.90. The summed E-state index contributed by atoms with van der Waals surface area (Å²) < 4.78 is 1.96. The molecule has 0 bridgehead atoms. The molecule has 0 unspecified atom stereocenters. The highest BCUT2D eigenvalue weighted by Gasteiger charge is 2.19. The van der Waals surface area contributed by atoms with Gasteiger partial charge in [-0.25, -0.2) is 5.43 Å². The maximum Gasteiger partial charge on any atom is 0.250 e. The van der Waals surface area contributed by atoms with E-state index >= 15 is 0 Å². The van der Waals surface area contributed by atoms with Gasteiger partial charge in [0, 0.05) is 41.7 Å². The summed E-state index contributed by atoms with van der Waals surface area (Å²) in [5.74, 6) is 0.615. The maximum atomic E-state index is 12.6. The molecule has 40 heavy (non-hydrogen) atoms. The standard InChI is InChI=1S/C31H36N6O2S/c1-6-36(7-2)26-18-15-23(27(38)19-26)20-32-33-28(39)21-40-30-35-34-29(37(30)25-11-9-8-10-12-25)22-13-16-24(17-14-22)31(3,4)5/h8-20,38H,6-7,21H2,1-5H3,(H,33,39)/b32-20+. The zero-order valence-electron chi connectivity index (χ0n) is 23.6. The summed E-state index contributed by atoms with van der Waals surface area (Å²) in [6.07, 6.45) is 1.44. The number of aromatic nitrogens is 3. The number of amides is 1. The van der Waals surface area contributed by atoms with E-state index in [1.165, 1.54) is 23.5 Å². The minimum Gasteiger partial charge on any atom is -0.507 e. The van der Waals surface area contributed by atoms with Gasteiger partial charge in [-0.05, 0) is 49.1 Å². The number of nitrogens with zero attached hydrogens (tertiary/aromatic N) is 5. The largest absolute Gasteiger partial charge is 0.507 e. The molecule has 0 atom stereocenters. The van der Waals surface area contributed by atoms with Gasteiger partial charge in [0.15, 0.2) is 11.0 Å². The molecule has 0 saturated heterocycles. The number of benzene rings is 3. The summed E-state index contributed by atoms with van der Waals surface area (Å²) in [5.41, 5.74) is 7.14. The number of phenolic OH excluding ortho intramolecular Hbond substituents is 1. The number of phenols is 1. The van der Waals surface area contributed by atoms with Crippen LogP contribution in [0.3, 0.4) is 0 Å². The van der Waals surface area contributed by atoms with Crippen molar-refractivity contribution >= 4 is 29.6 Å². The molecule has 1 amide bonds. The van der Waals surface area contributed by atoms with Gasteiger partial charge in [0.25, 0.3) is 5.91 Å². The second-order valence-corrected chi connectivity index (χ2v) is 11.2. The molecule has 0 aliphatic rings. The van der Waals surface area contributed by atoms with Gasteiger partial charge < -0.3 is 10.0 Å². The maximum absolute atomic E-state index is 12.6. The SMILES string of the molecule is CCN(CC)c1ccc(/C=N/NC(=O)CSc2nnc(-c3ccc(C(C)(C)C)cc3)n2-c2ccccc2)c(O)c1. The normalized spacial score (nSPS) is 11.6. The summed E-state index contributed by atoms with van der Waals surface area (Å²) in [6, 6.07) is 23.6. The first-order chi connectivity index (χ1) is 19.2. The van der Waals surface area contributed by atoms with Crippen molar-refractivity contribution in [3.63, 3.8) is 0 Å². The molecule has 0 saturated carbocycles. The van der Waals surface area contributed by atoms with Crippen molar-refractivity contribution in [3.05, 3.63) is 83.9 Å². The van der Waals surface area contributed by atoms with Crippen molar-refractivity contribution in [1.29, 1.82) is 0 Å². The molecule has 208 valence electrons. The second kappa shape index (κ2) is 12.8. The number of nitrogens with one attached hydrogen (secondary N) is 1. The van der Waals surface area contributed by atoms with Gasteiger partial charge in [0.1, 0.15) is 5.75 Å². The lowest BCUT2D eigenvalue weighted by atomic mass is 9.87. The van der Waals surface area contributed by atoms with E-state index in [0.717, 1.165) is 30.0 Å². The summed E-state index contributed by atoms with van der Waals surface area (Å²) >= 11 is 1.28. The van der Waals surface area contributed by atoms with Crippen molar-refractivity contribution in [3.8, 4) is 22.8 Å². The van der Waals surface area contributed by atoms with Gasteiger partial charge in [0.05, 0.1) is 12.0 Å². The van der Waals surface area contributed by atoms with Crippen LogP contribution in [0.5, 0.6) is 5.75 Å². The molecule has 0 aliphatic heterocycles. The van der Waals surface area contributed by atoms with E-state index in [1.807, 2.05) is 41.0 Å². The average molecular weight is 557 g/mol. The van der Waals surface area contributed by atoms with Crippen molar-refractivity contribution < 1.29 is 9.90 Å². The van der Waals surface area contributed by atoms with E-state index < -0.39 is 0 Å². The van der Waals surface area contributed by atoms with Crippen molar-refractivity contribution in [2.24, 2.45) is 5.10 Å². The van der Waals surface area contributed by atoms with Crippen molar-refractivity contribution in [1.82, 2.24) is 20.2 Å². The van der Waals surface area contributed by atoms with Crippen LogP contribution in [0, 0.1) is 0 Å². The molecule has 8 nitrogen and oxygen atoms in total. The molecule has 4 rings (SSSR count). The fourth-order valence-corrected chi connectivity index (χ4v) is 4.99. The number of carbonyl (C=O) groups excluding carboxylic acids is 1. The minimum atomic E-state index is -0.292. The first-order valence-corrected chi connectivity index (χ1v) is 14.3. The van der Waals surface area contributed by atoms with Crippen LogP contribution in [0.1, 0.15) is 45.7 Å². The molecule has 1 aromatic heterocycles. The number of thioether (sulfide) groups is 1. The van der Waals surface area contributed by atoms with E-state index in [4.69, 9.17) is 0 Å². The quantitative estimate of drug-likeness (QED) is 0.141. The van der Waals surface area contributed by atoms with Gasteiger partial charge in [-0.2, -0.15) is 5.10 Å². The van der Waals surface area contributed by atoms with E-state index in [2.05, 4.69) is 84.5 Å². The van der Waals surface area contributed by atoms with Crippen LogP contribution in [0.25, 0.3) is 17.1 Å². The first-order valence-electron chi connectivity index (χ1n) is 13.4. The number of para-hydroxylation sites is 1. The lowest BCUT2D eigenvalue weighted by Crippen LogP contribution is -2.21. The van der Waals surface area contributed by atoms with E-state index in [0.29, 0.717) is 16.5 Å². The zero-order valence-corrected chi connectivity index (χ0v) is 24.4. The minimum absolute atomic E-state index is 0.0516. The second-order valence-electron chi connectivity index (χ2n) is 10.3. The molecule has 2 N–H and O–H groups in total. The Morgan fingerprint density at radius 1 is 1.02 bits per heavy atom. The van der Waals surface area contributed by atoms with Crippen LogP contribution in [0.15, 0.2) is 83.1 Å². The number of aromatic hydroxyl groups is 1. The van der Waals surface area contributed by atoms with Crippen LogP contribution < -0.4 is 10.3 Å². The van der Waals surface area contributed by atoms with Crippen LogP contribution in [-0.4, -0.2) is 50.8 Å². The zero-order chi connectivity index (χ0) is 28.7. The van der Waals surface area contributed by atoms with Crippen molar-refractivity contribution in [2.75, 3.05) is 23.7 Å². The predicted molar refractivity (Wildman–Crippen MR) is 164 cm³/mol. The topological polar surface area (TPSA) is 95.6 Å². The van der Waals surface area contributed by atoms with Crippen LogP contribution in [0.2, 0.25) is 0 Å². The molecule has 0 fully saturated rings. The Bertz CT molecular complexity index is 1460. The number of hydrogen-bond acceptors (Lipinski definition) is 7. The summed E-state index contributed by atoms with van der Waals surface area (Å²) in [5, 5.41) is 23.9. The molecular formula is C31H36N6O2S. The lowest BCUT2D eigenvalue weighted by molar-refractivity contribution is -0.118. The van der Waals surface area contributed by atoms with Gasteiger partial charge in [-0.15, -0.1) is 10.2 Å². The Hall–Kier alpha value is -4.11. The molecule has 4 aromatic rings. The molecule has 0 radical (unpaired) electrons. The lowest BCUT2D eigenvalue weighted by Gasteiger charge is -2.21. The highest BCUT2D eigenvalue weighted by Crippen LogP contribution is 2.30. The molecule has 0 spiro atoms. The van der Waals surface area contributed by atoms with Crippen LogP contribution in [-0.2, 0) is 10.2 Å². The Morgan fingerprint density at radius 3 is 2.35 bits per heavy atom. The molecule has 9 heteroatoms. The van der Waals surface area contributed by atoms with Crippen LogP contribution >= 0.6 is 11.8 Å². The molecule has 3 aromatic carbocycles. The van der Waals surface area contributed by atoms with Crippen molar-refractivity contribution in [2.45, 2.75) is 45.2 Å². The van der Waals surface area contributed by atoms with Gasteiger partial charge in [-0.1, -0.05) is 75.0 Å². The fourth-order valence-electron chi connectivity index (χ4n) is 4.24. The van der Waals surface area contributed by atoms with Gasteiger partial charge >= 0.3 is 0 Å². The molecule has 1 heterocycles. The Balaban J connectivity index is 1.46. The fraction of sp³-hybridized carbons (Fsp3) is 0.290. The highest BCUT2D eigenvalue weighted by atomic mass is 32.2. The number of rotatable bonds is 10. The van der Waals surface area contributed by atoms with Gasteiger partial charge in [-0.3, -0.25) is 9.36 Å². The summed E-state index contributed by atoms with van der Waals surface area (Å²) in [7, 11) is 0. The number of anilines is 1. The number of hydrogen-bond donors (Lipinski definition) is 2. The number of hydrazone groups is 1. The summed E-state index contributed by atoms with van der Waals surface area (Å²) in [6.45, 7) is 12.4. The average Bonchev–Trinajstić information content (AvgIpc) is 3.38. The number of carbonyl (C=O) groups is 1. The third-order valence-electron chi connectivity index (χ3n) is 6.52. The Morgan fingerprint density at radius 2 is 1.73 bits per heavy atom. The predicted octanol–water partition coefficient (Wildman–Crippen LogP) is 6.03. The first kappa shape index (κ1) is 28.9.